The summed E-state index contributed by atoms with van der Waals surface area (Å²) in [4.78, 5) is 0. The van der Waals surface area contributed by atoms with Gasteiger partial charge in [0.25, 0.3) is 0 Å². The molecular formula is C8H14N4O. The first-order valence-corrected chi connectivity index (χ1v) is 4.50. The highest BCUT2D eigenvalue weighted by molar-refractivity contribution is 4.93. The van der Waals surface area contributed by atoms with Gasteiger partial charge in [-0.1, -0.05) is 5.21 Å². The molecule has 0 spiro atoms. The molecule has 2 N–H and O–H groups in total. The highest BCUT2D eigenvalue weighted by Gasteiger charge is 2.26. The first-order valence-electron chi connectivity index (χ1n) is 4.50. The third kappa shape index (κ3) is 2.05. The summed E-state index contributed by atoms with van der Waals surface area (Å²) in [5.74, 6) is 0. The van der Waals surface area contributed by atoms with E-state index >= 15 is 0 Å². The van der Waals surface area contributed by atoms with Crippen LogP contribution in [0.25, 0.3) is 0 Å². The highest BCUT2D eigenvalue weighted by Crippen LogP contribution is 2.19. The van der Waals surface area contributed by atoms with Crippen molar-refractivity contribution in [1.29, 1.82) is 0 Å². The van der Waals surface area contributed by atoms with Crippen LogP contribution in [0.15, 0.2) is 6.20 Å². The van der Waals surface area contributed by atoms with Crippen LogP contribution in [0.4, 0.5) is 0 Å². The molecule has 1 heterocycles. The summed E-state index contributed by atoms with van der Waals surface area (Å²) in [6.45, 7) is 0.741. The topological polar surface area (TPSA) is 63.0 Å². The maximum Gasteiger partial charge on any atom is 0.0964 e. The summed E-state index contributed by atoms with van der Waals surface area (Å²) < 4.78 is 1.69. The summed E-state index contributed by atoms with van der Waals surface area (Å²) >= 11 is 0. The van der Waals surface area contributed by atoms with Gasteiger partial charge in [0.05, 0.1) is 11.8 Å². The molecular weight excluding hydrogens is 168 g/mol. The van der Waals surface area contributed by atoms with Gasteiger partial charge >= 0.3 is 0 Å². The van der Waals surface area contributed by atoms with Crippen LogP contribution in [-0.4, -0.2) is 32.2 Å². The van der Waals surface area contributed by atoms with Crippen molar-refractivity contribution in [3.8, 4) is 0 Å². The Kier molecular flexibility index (Phi) is 2.28. The van der Waals surface area contributed by atoms with E-state index in [4.69, 9.17) is 5.11 Å². The van der Waals surface area contributed by atoms with Gasteiger partial charge in [0.15, 0.2) is 0 Å². The molecule has 0 radical (unpaired) electrons. The van der Waals surface area contributed by atoms with E-state index in [9.17, 15) is 0 Å². The minimum absolute atomic E-state index is 0.0978. The SMILES string of the molecule is Cn1cc(CNC2CC(O)C2)nn1. The van der Waals surface area contributed by atoms with Crippen LogP contribution in [0.1, 0.15) is 18.5 Å². The monoisotopic (exact) mass is 182 g/mol. The standard InChI is InChI=1S/C8H14N4O/c1-12-5-7(10-11-12)4-9-6-2-8(13)3-6/h5-6,8-9,13H,2-4H2,1H3. The van der Waals surface area contributed by atoms with E-state index in [1.54, 1.807) is 4.68 Å². The molecule has 0 bridgehead atoms. The van der Waals surface area contributed by atoms with Crippen molar-refractivity contribution < 1.29 is 5.11 Å². The van der Waals surface area contributed by atoms with E-state index < -0.39 is 0 Å². The van der Waals surface area contributed by atoms with Gasteiger partial charge in [0.2, 0.25) is 0 Å². The average Bonchev–Trinajstić information content (AvgIpc) is 2.43. The van der Waals surface area contributed by atoms with Crippen molar-refractivity contribution in [3.05, 3.63) is 11.9 Å². The Bertz CT molecular complexity index is 279. The number of aliphatic hydroxyl groups is 1. The lowest BCUT2D eigenvalue weighted by atomic mass is 9.89. The predicted octanol–water partition coefficient (Wildman–Crippen LogP) is -0.572. The van der Waals surface area contributed by atoms with Crippen LogP contribution in [0.3, 0.4) is 0 Å². The zero-order valence-electron chi connectivity index (χ0n) is 7.64. The molecule has 2 rings (SSSR count). The molecule has 1 aromatic heterocycles. The Balaban J connectivity index is 1.74. The third-order valence-electron chi connectivity index (χ3n) is 2.34. The summed E-state index contributed by atoms with van der Waals surface area (Å²) in [5.41, 5.74) is 0.948. The maximum atomic E-state index is 9.05. The molecule has 1 saturated carbocycles. The molecule has 1 aromatic rings. The number of nitrogens with zero attached hydrogens (tertiary/aromatic N) is 3. The van der Waals surface area contributed by atoms with Crippen molar-refractivity contribution >= 4 is 0 Å². The molecule has 72 valence electrons. The highest BCUT2D eigenvalue weighted by atomic mass is 16.3. The smallest absolute Gasteiger partial charge is 0.0964 e. The quantitative estimate of drug-likeness (QED) is 0.657. The number of nitrogens with one attached hydrogen (secondary N) is 1. The van der Waals surface area contributed by atoms with E-state index in [1.807, 2.05) is 13.2 Å². The number of aromatic nitrogens is 3. The van der Waals surface area contributed by atoms with E-state index in [-0.39, 0.29) is 6.10 Å². The largest absolute Gasteiger partial charge is 0.393 e. The normalized spacial score (nSPS) is 27.2. The average molecular weight is 182 g/mol. The molecule has 0 amide bonds. The number of aryl methyl sites for hydroxylation is 1. The number of hydrogen-bond donors (Lipinski definition) is 2. The van der Waals surface area contributed by atoms with Crippen LogP contribution in [0, 0.1) is 0 Å². The number of aliphatic hydroxyl groups excluding tert-OH is 1. The zero-order chi connectivity index (χ0) is 9.26. The molecule has 1 aliphatic carbocycles. The Morgan fingerprint density at radius 3 is 3.00 bits per heavy atom. The predicted molar refractivity (Wildman–Crippen MR) is 46.9 cm³/mol. The van der Waals surface area contributed by atoms with Gasteiger partial charge < -0.3 is 10.4 Å². The van der Waals surface area contributed by atoms with Gasteiger partial charge in [-0.05, 0) is 12.8 Å². The molecule has 0 aromatic carbocycles. The molecule has 0 aliphatic heterocycles. The molecule has 13 heavy (non-hydrogen) atoms. The van der Waals surface area contributed by atoms with Crippen LogP contribution in [0.2, 0.25) is 0 Å². The van der Waals surface area contributed by atoms with Crippen molar-refractivity contribution in [2.75, 3.05) is 0 Å². The summed E-state index contributed by atoms with van der Waals surface area (Å²) in [5, 5.41) is 20.1. The van der Waals surface area contributed by atoms with Gasteiger partial charge in [-0.3, -0.25) is 4.68 Å². The Hall–Kier alpha value is -0.940. The lowest BCUT2D eigenvalue weighted by Gasteiger charge is -2.31. The maximum absolute atomic E-state index is 9.05. The summed E-state index contributed by atoms with van der Waals surface area (Å²) in [7, 11) is 1.85. The molecule has 5 heteroatoms. The number of rotatable bonds is 3. The first kappa shape index (κ1) is 8.65. The Labute approximate surface area is 76.8 Å². The van der Waals surface area contributed by atoms with Crippen LogP contribution in [-0.2, 0) is 13.6 Å². The Morgan fingerprint density at radius 2 is 2.46 bits per heavy atom. The van der Waals surface area contributed by atoms with Gasteiger partial charge in [0.1, 0.15) is 0 Å². The van der Waals surface area contributed by atoms with E-state index in [0.717, 1.165) is 25.1 Å². The lowest BCUT2D eigenvalue weighted by Crippen LogP contribution is -2.43. The van der Waals surface area contributed by atoms with Crippen molar-refractivity contribution in [2.24, 2.45) is 7.05 Å². The van der Waals surface area contributed by atoms with Crippen molar-refractivity contribution in [1.82, 2.24) is 20.3 Å². The van der Waals surface area contributed by atoms with E-state index in [2.05, 4.69) is 15.6 Å². The first-order chi connectivity index (χ1) is 6.24. The van der Waals surface area contributed by atoms with Crippen LogP contribution < -0.4 is 5.32 Å². The fourth-order valence-corrected chi connectivity index (χ4v) is 1.48. The summed E-state index contributed by atoms with van der Waals surface area (Å²) in [6.07, 6.45) is 3.52. The van der Waals surface area contributed by atoms with Gasteiger partial charge in [0, 0.05) is 25.8 Å². The van der Waals surface area contributed by atoms with Crippen LogP contribution in [0.5, 0.6) is 0 Å². The molecule has 0 unspecified atom stereocenters. The van der Waals surface area contributed by atoms with E-state index in [1.165, 1.54) is 0 Å². The minimum atomic E-state index is -0.0978. The third-order valence-corrected chi connectivity index (χ3v) is 2.34. The van der Waals surface area contributed by atoms with Gasteiger partial charge in [-0.15, -0.1) is 5.10 Å². The Morgan fingerprint density at radius 1 is 1.69 bits per heavy atom. The minimum Gasteiger partial charge on any atom is -0.393 e. The molecule has 1 fully saturated rings. The van der Waals surface area contributed by atoms with Gasteiger partial charge in [-0.25, -0.2) is 0 Å². The van der Waals surface area contributed by atoms with Gasteiger partial charge in [-0.2, -0.15) is 0 Å². The fourth-order valence-electron chi connectivity index (χ4n) is 1.48. The van der Waals surface area contributed by atoms with Crippen molar-refractivity contribution in [3.63, 3.8) is 0 Å². The van der Waals surface area contributed by atoms with E-state index in [0.29, 0.717) is 6.04 Å². The second-order valence-corrected chi connectivity index (χ2v) is 3.59. The second-order valence-electron chi connectivity index (χ2n) is 3.59. The lowest BCUT2D eigenvalue weighted by molar-refractivity contribution is 0.0618. The molecule has 5 nitrogen and oxygen atoms in total. The molecule has 0 saturated heterocycles. The molecule has 1 aliphatic rings. The van der Waals surface area contributed by atoms with Crippen LogP contribution >= 0.6 is 0 Å². The fraction of sp³-hybridized carbons (Fsp3) is 0.750. The summed E-state index contributed by atoms with van der Waals surface area (Å²) in [6, 6.07) is 0.456. The number of hydrogen-bond acceptors (Lipinski definition) is 4. The van der Waals surface area contributed by atoms with Crippen molar-refractivity contribution in [2.45, 2.75) is 31.5 Å². The zero-order valence-corrected chi connectivity index (χ0v) is 7.64. The molecule has 0 atom stereocenters. The second kappa shape index (κ2) is 3.43.